The number of nitrogens with zero attached hydrogens (tertiary/aromatic N) is 1. The summed E-state index contributed by atoms with van der Waals surface area (Å²) in [6.07, 6.45) is 3.90. The van der Waals surface area contributed by atoms with Gasteiger partial charge in [-0.05, 0) is 42.7 Å². The number of aryl methyl sites for hydroxylation is 1. The van der Waals surface area contributed by atoms with E-state index in [0.29, 0.717) is 5.88 Å². The lowest BCUT2D eigenvalue weighted by atomic mass is 10.1. The molecule has 0 spiro atoms. The molecule has 2 aromatic rings. The topological polar surface area (TPSA) is 38.5 Å². The molecule has 0 saturated heterocycles. The fourth-order valence-electron chi connectivity index (χ4n) is 2.55. The van der Waals surface area contributed by atoms with Gasteiger partial charge in [0.25, 0.3) is 0 Å². The van der Waals surface area contributed by atoms with Gasteiger partial charge < -0.3 is 10.6 Å². The first-order chi connectivity index (χ1) is 10.7. The van der Waals surface area contributed by atoms with E-state index in [1.54, 1.807) is 0 Å². The van der Waals surface area contributed by atoms with Crippen LogP contribution in [0.15, 0.2) is 48.4 Å². The Balaban J connectivity index is 1.69. The first-order valence-electron chi connectivity index (χ1n) is 7.40. The quantitative estimate of drug-likeness (QED) is 0.886. The molecule has 0 bridgehead atoms. The van der Waals surface area contributed by atoms with Crippen molar-refractivity contribution in [3.05, 3.63) is 68.7 Å². The van der Waals surface area contributed by atoms with Crippen LogP contribution in [0, 0.1) is 0 Å². The maximum Gasteiger partial charge on any atom is 0.207 e. The SMILES string of the molecule is CCc1ccc(C2C=C(N)ON2CCc2cccc(Cl)c2)s1. The Bertz CT molecular complexity index is 683. The summed E-state index contributed by atoms with van der Waals surface area (Å²) in [7, 11) is 0. The average molecular weight is 335 g/mol. The van der Waals surface area contributed by atoms with E-state index in [2.05, 4.69) is 25.1 Å². The minimum atomic E-state index is 0.101. The third-order valence-corrected chi connectivity index (χ3v) is 5.22. The van der Waals surface area contributed by atoms with Crippen LogP contribution in [0.5, 0.6) is 0 Å². The molecule has 1 unspecified atom stereocenters. The Morgan fingerprint density at radius 3 is 2.91 bits per heavy atom. The van der Waals surface area contributed by atoms with Crippen LogP contribution < -0.4 is 5.73 Å². The maximum absolute atomic E-state index is 6.03. The van der Waals surface area contributed by atoms with Crippen LogP contribution in [0.2, 0.25) is 5.02 Å². The van der Waals surface area contributed by atoms with Gasteiger partial charge in [0.05, 0.1) is 0 Å². The van der Waals surface area contributed by atoms with Gasteiger partial charge in [-0.25, -0.2) is 0 Å². The highest BCUT2D eigenvalue weighted by molar-refractivity contribution is 7.12. The summed E-state index contributed by atoms with van der Waals surface area (Å²) < 4.78 is 0. The number of nitrogens with two attached hydrogens (primary N) is 1. The van der Waals surface area contributed by atoms with Crippen LogP contribution in [0.1, 0.15) is 28.3 Å². The van der Waals surface area contributed by atoms with E-state index in [1.165, 1.54) is 15.3 Å². The van der Waals surface area contributed by atoms with Crippen LogP contribution >= 0.6 is 22.9 Å². The fourth-order valence-corrected chi connectivity index (χ4v) is 3.78. The molecule has 1 aliphatic rings. The summed E-state index contributed by atoms with van der Waals surface area (Å²) in [4.78, 5) is 8.31. The third kappa shape index (κ3) is 3.46. The second-order valence-electron chi connectivity index (χ2n) is 5.28. The van der Waals surface area contributed by atoms with Crippen molar-refractivity contribution in [2.75, 3.05) is 6.54 Å². The molecule has 1 atom stereocenters. The van der Waals surface area contributed by atoms with E-state index >= 15 is 0 Å². The maximum atomic E-state index is 6.03. The van der Waals surface area contributed by atoms with Crippen LogP contribution in [0.25, 0.3) is 0 Å². The molecule has 116 valence electrons. The van der Waals surface area contributed by atoms with Crippen molar-refractivity contribution in [3.63, 3.8) is 0 Å². The predicted octanol–water partition coefficient (Wildman–Crippen LogP) is 4.30. The second-order valence-corrected chi connectivity index (χ2v) is 6.92. The fraction of sp³-hybridized carbons (Fsp3) is 0.294. The summed E-state index contributed by atoms with van der Waals surface area (Å²) in [5.41, 5.74) is 7.06. The van der Waals surface area contributed by atoms with Gasteiger partial charge in [-0.15, -0.1) is 16.4 Å². The Morgan fingerprint density at radius 2 is 2.18 bits per heavy atom. The Kier molecular flexibility index (Phi) is 4.71. The van der Waals surface area contributed by atoms with Gasteiger partial charge in [0.1, 0.15) is 6.04 Å². The molecular weight excluding hydrogens is 316 g/mol. The average Bonchev–Trinajstić information content (AvgIpc) is 3.11. The number of hydrogen-bond acceptors (Lipinski definition) is 4. The lowest BCUT2D eigenvalue weighted by Gasteiger charge is -2.21. The van der Waals surface area contributed by atoms with Gasteiger partial charge in [0, 0.05) is 27.4 Å². The molecule has 2 N–H and O–H groups in total. The number of benzene rings is 1. The first kappa shape index (κ1) is 15.4. The highest BCUT2D eigenvalue weighted by Crippen LogP contribution is 2.34. The van der Waals surface area contributed by atoms with Crippen molar-refractivity contribution in [2.24, 2.45) is 5.73 Å². The molecule has 1 aromatic heterocycles. The summed E-state index contributed by atoms with van der Waals surface area (Å²) >= 11 is 7.85. The van der Waals surface area contributed by atoms with Crippen molar-refractivity contribution < 1.29 is 4.84 Å². The Morgan fingerprint density at radius 1 is 1.32 bits per heavy atom. The van der Waals surface area contributed by atoms with Gasteiger partial charge >= 0.3 is 0 Å². The zero-order valence-electron chi connectivity index (χ0n) is 12.5. The molecule has 1 aliphatic heterocycles. The predicted molar refractivity (Wildman–Crippen MR) is 91.7 cm³/mol. The molecule has 0 fully saturated rings. The standard InChI is InChI=1S/C17H19ClN2OS/c1-2-14-6-7-16(22-14)15-11-17(19)21-20(15)9-8-12-4-3-5-13(18)10-12/h3-7,10-11,15H,2,8-9,19H2,1H3. The van der Waals surface area contributed by atoms with Gasteiger partial charge in [-0.2, -0.15) is 0 Å². The van der Waals surface area contributed by atoms with Crippen molar-refractivity contribution in [3.8, 4) is 0 Å². The Hall–Kier alpha value is -1.49. The number of rotatable bonds is 5. The van der Waals surface area contributed by atoms with Crippen molar-refractivity contribution >= 4 is 22.9 Å². The lowest BCUT2D eigenvalue weighted by Crippen LogP contribution is -2.25. The van der Waals surface area contributed by atoms with Crippen molar-refractivity contribution in [1.29, 1.82) is 0 Å². The molecule has 2 heterocycles. The van der Waals surface area contributed by atoms with E-state index < -0.39 is 0 Å². The highest BCUT2D eigenvalue weighted by Gasteiger charge is 2.28. The number of halogens is 1. The summed E-state index contributed by atoms with van der Waals surface area (Å²) in [5.74, 6) is 0.475. The molecule has 0 saturated carbocycles. The van der Waals surface area contributed by atoms with Crippen molar-refractivity contribution in [2.45, 2.75) is 25.8 Å². The van der Waals surface area contributed by atoms with E-state index in [-0.39, 0.29) is 6.04 Å². The highest BCUT2D eigenvalue weighted by atomic mass is 35.5. The molecule has 3 nitrogen and oxygen atoms in total. The van der Waals surface area contributed by atoms with Gasteiger partial charge in [0.2, 0.25) is 5.88 Å². The largest absolute Gasteiger partial charge is 0.388 e. The molecule has 0 aliphatic carbocycles. The van der Waals surface area contributed by atoms with Gasteiger partial charge in [-0.1, -0.05) is 30.7 Å². The molecular formula is C17H19ClN2OS. The zero-order chi connectivity index (χ0) is 15.5. The third-order valence-electron chi connectivity index (χ3n) is 3.69. The molecule has 3 rings (SSSR count). The summed E-state index contributed by atoms with van der Waals surface area (Å²) in [6, 6.07) is 12.4. The minimum Gasteiger partial charge on any atom is -0.388 e. The van der Waals surface area contributed by atoms with Crippen LogP contribution in [-0.4, -0.2) is 11.6 Å². The van der Waals surface area contributed by atoms with Crippen LogP contribution in [0.3, 0.4) is 0 Å². The number of thiophene rings is 1. The molecule has 5 heteroatoms. The van der Waals surface area contributed by atoms with Crippen LogP contribution in [-0.2, 0) is 17.7 Å². The minimum absolute atomic E-state index is 0.101. The number of hydroxylamine groups is 2. The van der Waals surface area contributed by atoms with Gasteiger partial charge in [-0.3, -0.25) is 0 Å². The summed E-state index contributed by atoms with van der Waals surface area (Å²) in [6.45, 7) is 2.93. The molecule has 0 amide bonds. The van der Waals surface area contributed by atoms with E-state index in [4.69, 9.17) is 22.2 Å². The molecule has 0 radical (unpaired) electrons. The summed E-state index contributed by atoms with van der Waals surface area (Å²) in [5, 5.41) is 2.71. The zero-order valence-corrected chi connectivity index (χ0v) is 14.0. The van der Waals surface area contributed by atoms with E-state index in [1.807, 2.05) is 40.7 Å². The second kappa shape index (κ2) is 6.73. The van der Waals surface area contributed by atoms with E-state index in [0.717, 1.165) is 24.4 Å². The van der Waals surface area contributed by atoms with Gasteiger partial charge in [0.15, 0.2) is 0 Å². The first-order valence-corrected chi connectivity index (χ1v) is 8.60. The number of hydrogen-bond donors (Lipinski definition) is 1. The van der Waals surface area contributed by atoms with E-state index in [9.17, 15) is 0 Å². The molecule has 1 aromatic carbocycles. The molecule has 22 heavy (non-hydrogen) atoms. The van der Waals surface area contributed by atoms with Crippen molar-refractivity contribution in [1.82, 2.24) is 5.06 Å². The monoisotopic (exact) mass is 334 g/mol. The normalized spacial score (nSPS) is 18.3. The van der Waals surface area contributed by atoms with Crippen LogP contribution in [0.4, 0.5) is 0 Å². The Labute approximate surface area is 139 Å². The lowest BCUT2D eigenvalue weighted by molar-refractivity contribution is -0.118. The smallest absolute Gasteiger partial charge is 0.207 e.